The molecule has 0 unspecified atom stereocenters. The topological polar surface area (TPSA) is 23.5 Å². The van der Waals surface area contributed by atoms with E-state index < -0.39 is 0 Å². The van der Waals surface area contributed by atoms with E-state index in [9.17, 15) is 5.11 Å². The van der Waals surface area contributed by atoms with Gasteiger partial charge in [-0.1, -0.05) is 0 Å². The van der Waals surface area contributed by atoms with Crippen molar-refractivity contribution >= 4 is 15.0 Å². The van der Waals surface area contributed by atoms with Crippen LogP contribution in [0.15, 0.2) is 0 Å². The van der Waals surface area contributed by atoms with E-state index in [1.54, 1.807) is 0 Å². The molecule has 2 nitrogen and oxygen atoms in total. The van der Waals surface area contributed by atoms with E-state index in [-0.39, 0.29) is 23.2 Å². The number of hydrogen-bond acceptors (Lipinski definition) is 2. The molecule has 0 amide bonds. The molecule has 0 aliphatic heterocycles. The molecule has 3 fully saturated rings. The fourth-order valence-electron chi connectivity index (χ4n) is 3.20. The van der Waals surface area contributed by atoms with Crippen molar-refractivity contribution in [3.63, 3.8) is 0 Å². The molecule has 3 saturated carbocycles. The van der Waals surface area contributed by atoms with Crippen molar-refractivity contribution in [2.75, 3.05) is 14.1 Å². The van der Waals surface area contributed by atoms with Crippen LogP contribution in [0.5, 0.6) is 0 Å². The third kappa shape index (κ3) is 8.54. The molecule has 3 rings (SSSR count). The number of rotatable bonds is 4. The Hall–Kier alpha value is 0.959. The maximum atomic E-state index is 10.4. The predicted molar refractivity (Wildman–Crippen MR) is 107 cm³/mol. The Bertz CT molecular complexity index is 343. The SMILES string of the molecule is C[C@@H]([C]1[CH][CH][CH][C]1[Se][C@@H]1CCCCCC[C@H]1O)N(C)C.[CH]1[CH][CH][CH][CH]1.[Fe+2]. The Morgan fingerprint density at radius 3 is 2.08 bits per heavy atom. The molecular formula is C22H33FeNOSe+2. The molecular weight excluding hydrogens is 429 g/mol. The third-order valence-electron chi connectivity index (χ3n) is 5.03. The van der Waals surface area contributed by atoms with Crippen LogP contribution in [0.4, 0.5) is 0 Å². The van der Waals surface area contributed by atoms with Crippen molar-refractivity contribution < 1.29 is 22.2 Å². The summed E-state index contributed by atoms with van der Waals surface area (Å²) < 4.78 is 0. The van der Waals surface area contributed by atoms with Crippen molar-refractivity contribution in [1.82, 2.24) is 4.90 Å². The van der Waals surface area contributed by atoms with Crippen LogP contribution in [0.3, 0.4) is 0 Å². The zero-order valence-electron chi connectivity index (χ0n) is 16.2. The second-order valence-corrected chi connectivity index (χ2v) is 9.85. The molecule has 0 aromatic heterocycles. The van der Waals surface area contributed by atoms with Crippen molar-refractivity contribution in [3.05, 3.63) is 62.1 Å². The monoisotopic (exact) mass is 463 g/mol. The quantitative estimate of drug-likeness (QED) is 0.641. The van der Waals surface area contributed by atoms with Crippen molar-refractivity contribution in [2.45, 2.75) is 62.4 Å². The number of hydrogen-bond donors (Lipinski definition) is 1. The van der Waals surface area contributed by atoms with Crippen LogP contribution in [0.25, 0.3) is 0 Å². The van der Waals surface area contributed by atoms with Gasteiger partial charge in [-0.25, -0.2) is 0 Å². The summed E-state index contributed by atoms with van der Waals surface area (Å²) in [5, 5.41) is 10.4. The van der Waals surface area contributed by atoms with Crippen molar-refractivity contribution in [3.8, 4) is 0 Å². The smallest absolute Gasteiger partial charge is 0.0312 e. The molecule has 144 valence electrons. The molecule has 1 N–H and O–H groups in total. The zero-order chi connectivity index (χ0) is 18.1. The molecule has 10 radical (unpaired) electrons. The van der Waals surface area contributed by atoms with E-state index >= 15 is 0 Å². The summed E-state index contributed by atoms with van der Waals surface area (Å²) in [6.45, 7) is 2.27. The molecule has 4 heteroatoms. The maximum Gasteiger partial charge on any atom is 2.00 e. The molecule has 3 aliphatic carbocycles. The van der Waals surface area contributed by atoms with E-state index in [2.05, 4.69) is 45.2 Å². The zero-order valence-corrected chi connectivity index (χ0v) is 19.1. The Balaban J connectivity index is 0.000000486. The average Bonchev–Trinajstić information content (AvgIpc) is 3.28. The van der Waals surface area contributed by atoms with Gasteiger partial charge in [0.15, 0.2) is 0 Å². The average molecular weight is 462 g/mol. The van der Waals surface area contributed by atoms with Gasteiger partial charge in [0.25, 0.3) is 0 Å². The molecule has 0 aromatic rings. The normalized spacial score (nSPS) is 29.4. The second-order valence-electron chi connectivity index (χ2n) is 7.16. The first kappa shape index (κ1) is 25.0. The number of aliphatic hydroxyl groups is 1. The summed E-state index contributed by atoms with van der Waals surface area (Å²) in [5.41, 5.74) is 0. The summed E-state index contributed by atoms with van der Waals surface area (Å²) in [6, 6.07) is 0.465. The van der Waals surface area contributed by atoms with Crippen LogP contribution < -0.4 is 0 Å². The first-order valence-corrected chi connectivity index (χ1v) is 11.4. The minimum absolute atomic E-state index is 0. The van der Waals surface area contributed by atoms with Gasteiger partial charge < -0.3 is 0 Å². The summed E-state index contributed by atoms with van der Waals surface area (Å²) >= 11 is 0.403. The van der Waals surface area contributed by atoms with Gasteiger partial charge in [0.2, 0.25) is 0 Å². The van der Waals surface area contributed by atoms with E-state index in [1.165, 1.54) is 42.8 Å². The number of nitrogens with zero attached hydrogens (tertiary/aromatic N) is 1. The summed E-state index contributed by atoms with van der Waals surface area (Å²) in [5.74, 6) is 1.46. The maximum absolute atomic E-state index is 10.4. The molecule has 0 heterocycles. The fourth-order valence-corrected chi connectivity index (χ4v) is 6.21. The molecule has 0 bridgehead atoms. The molecule has 3 atom stereocenters. The van der Waals surface area contributed by atoms with Gasteiger partial charge in [-0.3, -0.25) is 0 Å². The summed E-state index contributed by atoms with van der Waals surface area (Å²) in [7, 11) is 4.28. The second kappa shape index (κ2) is 14.0. The Kier molecular flexibility index (Phi) is 13.5. The Morgan fingerprint density at radius 1 is 0.923 bits per heavy atom. The van der Waals surface area contributed by atoms with Gasteiger partial charge in [0, 0.05) is 0 Å². The van der Waals surface area contributed by atoms with E-state index in [0.29, 0.717) is 25.8 Å². The first-order chi connectivity index (χ1) is 12.1. The third-order valence-corrected chi connectivity index (χ3v) is 8.14. The van der Waals surface area contributed by atoms with Crippen LogP contribution in [0, 0.1) is 62.1 Å². The van der Waals surface area contributed by atoms with E-state index in [1.807, 2.05) is 32.1 Å². The summed E-state index contributed by atoms with van der Waals surface area (Å²) in [6.07, 6.45) is 24.0. The van der Waals surface area contributed by atoms with E-state index in [0.717, 1.165) is 6.42 Å². The Labute approximate surface area is 180 Å². The van der Waals surface area contributed by atoms with Crippen LogP contribution in [0.1, 0.15) is 45.4 Å². The van der Waals surface area contributed by atoms with Gasteiger partial charge in [-0.2, -0.15) is 0 Å². The number of aliphatic hydroxyl groups excluding tert-OH is 1. The molecule has 0 saturated heterocycles. The van der Waals surface area contributed by atoms with Crippen molar-refractivity contribution in [1.29, 1.82) is 0 Å². The molecule has 26 heavy (non-hydrogen) atoms. The van der Waals surface area contributed by atoms with Gasteiger partial charge >= 0.3 is 149 Å². The minimum Gasteiger partial charge on any atom is -0.0312 e. The van der Waals surface area contributed by atoms with E-state index in [4.69, 9.17) is 0 Å². The molecule has 0 aromatic carbocycles. The van der Waals surface area contributed by atoms with Crippen LogP contribution in [-0.2, 0) is 17.1 Å². The Morgan fingerprint density at radius 2 is 1.50 bits per heavy atom. The summed E-state index contributed by atoms with van der Waals surface area (Å²) in [4.78, 5) is 4.28. The van der Waals surface area contributed by atoms with Crippen LogP contribution in [0.2, 0.25) is 4.82 Å². The fraction of sp³-hybridized carbons (Fsp3) is 0.545. The van der Waals surface area contributed by atoms with Gasteiger partial charge in [0.1, 0.15) is 0 Å². The van der Waals surface area contributed by atoms with Crippen LogP contribution in [-0.4, -0.2) is 51.2 Å². The van der Waals surface area contributed by atoms with Gasteiger partial charge in [0.05, 0.1) is 0 Å². The first-order valence-electron chi connectivity index (χ1n) is 9.53. The molecule has 3 aliphatic rings. The van der Waals surface area contributed by atoms with Gasteiger partial charge in [-0.15, -0.1) is 0 Å². The molecule has 0 spiro atoms. The van der Waals surface area contributed by atoms with Crippen molar-refractivity contribution in [2.24, 2.45) is 0 Å². The minimum atomic E-state index is -0.0762. The van der Waals surface area contributed by atoms with Crippen LogP contribution >= 0.6 is 0 Å². The largest absolute Gasteiger partial charge is 2.00 e. The van der Waals surface area contributed by atoms with Gasteiger partial charge in [-0.05, 0) is 32.1 Å². The predicted octanol–water partition coefficient (Wildman–Crippen LogP) is 3.90. The standard InChI is InChI=1S/C17H28NOSe.C5H5.Fe/c1-13(18(2)3)14-9-8-12-16(14)20-17-11-7-5-4-6-10-15(17)19;1-2-4-5-3-1;/h8-9,12-13,15,17,19H,4-7,10-11H2,1-3H3;1-5H;/q;;+2/t13-,15+,17+;;/m0../s1.